The van der Waals surface area contributed by atoms with Crippen LogP contribution >= 0.6 is 0 Å². The van der Waals surface area contributed by atoms with Crippen LogP contribution in [-0.2, 0) is 4.74 Å². The number of para-hydroxylation sites is 2. The van der Waals surface area contributed by atoms with Crippen LogP contribution in [-0.4, -0.2) is 25.9 Å². The van der Waals surface area contributed by atoms with Crippen molar-refractivity contribution in [3.8, 4) is 11.5 Å². The van der Waals surface area contributed by atoms with Crippen molar-refractivity contribution in [3.63, 3.8) is 0 Å². The molecule has 3 heteroatoms. The number of hydrogen-bond donors (Lipinski definition) is 0. The predicted octanol–water partition coefficient (Wildman–Crippen LogP) is 4.50. The maximum Gasteiger partial charge on any atom is 0.119 e. The van der Waals surface area contributed by atoms with E-state index in [1.54, 1.807) is 0 Å². The van der Waals surface area contributed by atoms with Crippen LogP contribution in [0.15, 0.2) is 73.3 Å². The minimum absolute atomic E-state index is 0.0348. The summed E-state index contributed by atoms with van der Waals surface area (Å²) in [5.41, 5.74) is 0. The second kappa shape index (κ2) is 10.5. The normalized spacial score (nSPS) is 11.7. The van der Waals surface area contributed by atoms with Crippen LogP contribution in [0.1, 0.15) is 12.8 Å². The van der Waals surface area contributed by atoms with E-state index in [0.717, 1.165) is 24.3 Å². The lowest BCUT2D eigenvalue weighted by atomic mass is 10.2. The smallest absolute Gasteiger partial charge is 0.119 e. The largest absolute Gasteiger partial charge is 0.491 e. The second-order valence-corrected chi connectivity index (χ2v) is 5.14. The van der Waals surface area contributed by atoms with Crippen molar-refractivity contribution in [2.24, 2.45) is 0 Å². The van der Waals surface area contributed by atoms with Crippen molar-refractivity contribution in [2.45, 2.75) is 18.9 Å². The van der Waals surface area contributed by atoms with Crippen molar-refractivity contribution < 1.29 is 14.2 Å². The first kappa shape index (κ1) is 17.1. The van der Waals surface area contributed by atoms with Gasteiger partial charge >= 0.3 is 0 Å². The van der Waals surface area contributed by atoms with E-state index in [9.17, 15) is 0 Å². The fourth-order valence-electron chi connectivity index (χ4n) is 2.12. The molecule has 0 heterocycles. The van der Waals surface area contributed by atoms with Gasteiger partial charge in [0.05, 0.1) is 12.7 Å². The number of ether oxygens (including phenoxy) is 3. The second-order valence-electron chi connectivity index (χ2n) is 5.14. The summed E-state index contributed by atoms with van der Waals surface area (Å²) in [5.74, 6) is 1.72. The molecule has 0 aliphatic heterocycles. The standard InChI is InChI=1S/C20H24O3/c1-2-3-10-20(17-23-19-13-8-5-9-14-19)22-16-15-21-18-11-6-4-7-12-18/h2,4-9,11-14,20H,1,3,10,15-17H2. The van der Waals surface area contributed by atoms with E-state index in [1.807, 2.05) is 66.7 Å². The Morgan fingerprint density at radius 3 is 2.04 bits per heavy atom. The van der Waals surface area contributed by atoms with Gasteiger partial charge in [-0.2, -0.15) is 0 Å². The number of allylic oxidation sites excluding steroid dienone is 1. The molecule has 0 saturated heterocycles. The van der Waals surface area contributed by atoms with Crippen LogP contribution in [0.4, 0.5) is 0 Å². The van der Waals surface area contributed by atoms with Gasteiger partial charge in [0.15, 0.2) is 0 Å². The monoisotopic (exact) mass is 312 g/mol. The highest BCUT2D eigenvalue weighted by atomic mass is 16.6. The quantitative estimate of drug-likeness (QED) is 0.452. The van der Waals surface area contributed by atoms with Crippen LogP contribution in [0.3, 0.4) is 0 Å². The predicted molar refractivity (Wildman–Crippen MR) is 93.0 cm³/mol. The SMILES string of the molecule is C=CCCC(COc1ccccc1)OCCOc1ccccc1. The molecule has 0 aromatic heterocycles. The Kier molecular flexibility index (Phi) is 7.78. The molecule has 0 radical (unpaired) electrons. The summed E-state index contributed by atoms with van der Waals surface area (Å²) in [6.45, 7) is 5.36. The molecule has 2 aromatic rings. The fraction of sp³-hybridized carbons (Fsp3) is 0.300. The molecule has 0 aliphatic carbocycles. The number of hydrogen-bond acceptors (Lipinski definition) is 3. The van der Waals surface area contributed by atoms with Crippen LogP contribution < -0.4 is 9.47 Å². The molecule has 122 valence electrons. The van der Waals surface area contributed by atoms with E-state index in [4.69, 9.17) is 14.2 Å². The third kappa shape index (κ3) is 7.02. The molecule has 2 aromatic carbocycles. The third-order valence-electron chi connectivity index (χ3n) is 3.32. The minimum atomic E-state index is 0.0348. The summed E-state index contributed by atoms with van der Waals surface area (Å²) in [4.78, 5) is 0. The van der Waals surface area contributed by atoms with Gasteiger partial charge in [-0.3, -0.25) is 0 Å². The Hall–Kier alpha value is -2.26. The summed E-state index contributed by atoms with van der Waals surface area (Å²) in [5, 5.41) is 0. The number of benzene rings is 2. The van der Waals surface area contributed by atoms with Crippen molar-refractivity contribution in [1.29, 1.82) is 0 Å². The molecule has 2 rings (SSSR count). The number of rotatable bonds is 11. The molecule has 0 spiro atoms. The molecule has 1 unspecified atom stereocenters. The molecule has 0 bridgehead atoms. The summed E-state index contributed by atoms with van der Waals surface area (Å²) < 4.78 is 17.3. The lowest BCUT2D eigenvalue weighted by Gasteiger charge is -2.18. The van der Waals surface area contributed by atoms with Crippen molar-refractivity contribution >= 4 is 0 Å². The van der Waals surface area contributed by atoms with Gasteiger partial charge in [-0.15, -0.1) is 6.58 Å². The van der Waals surface area contributed by atoms with E-state index < -0.39 is 0 Å². The molecule has 1 atom stereocenters. The van der Waals surface area contributed by atoms with Gasteiger partial charge in [0.25, 0.3) is 0 Å². The first-order valence-electron chi connectivity index (χ1n) is 7.96. The van der Waals surface area contributed by atoms with Crippen LogP contribution in [0.25, 0.3) is 0 Å². The molecule has 0 fully saturated rings. The Labute approximate surface area is 138 Å². The lowest BCUT2D eigenvalue weighted by molar-refractivity contribution is 0.00255. The molecule has 0 N–H and O–H groups in total. The molecule has 0 amide bonds. The maximum absolute atomic E-state index is 5.89. The average Bonchev–Trinajstić information content (AvgIpc) is 2.62. The van der Waals surface area contributed by atoms with Gasteiger partial charge in [-0.05, 0) is 37.1 Å². The van der Waals surface area contributed by atoms with Gasteiger partial charge in [-0.25, -0.2) is 0 Å². The zero-order chi connectivity index (χ0) is 16.2. The summed E-state index contributed by atoms with van der Waals surface area (Å²) >= 11 is 0. The fourth-order valence-corrected chi connectivity index (χ4v) is 2.12. The Bertz CT molecular complexity index is 539. The lowest BCUT2D eigenvalue weighted by Crippen LogP contribution is -2.24. The van der Waals surface area contributed by atoms with Crippen LogP contribution in [0.5, 0.6) is 11.5 Å². The van der Waals surface area contributed by atoms with E-state index in [0.29, 0.717) is 19.8 Å². The first-order valence-corrected chi connectivity index (χ1v) is 7.96. The zero-order valence-electron chi connectivity index (χ0n) is 13.4. The summed E-state index contributed by atoms with van der Waals surface area (Å²) in [6.07, 6.45) is 3.73. The highest BCUT2D eigenvalue weighted by Crippen LogP contribution is 2.12. The minimum Gasteiger partial charge on any atom is -0.491 e. The van der Waals surface area contributed by atoms with Crippen LogP contribution in [0, 0.1) is 0 Å². The molecule has 0 aliphatic rings. The highest BCUT2D eigenvalue weighted by molar-refractivity contribution is 5.21. The Morgan fingerprint density at radius 1 is 0.826 bits per heavy atom. The van der Waals surface area contributed by atoms with E-state index in [-0.39, 0.29) is 6.10 Å². The summed E-state index contributed by atoms with van der Waals surface area (Å²) in [7, 11) is 0. The van der Waals surface area contributed by atoms with Crippen molar-refractivity contribution in [1.82, 2.24) is 0 Å². The Morgan fingerprint density at radius 2 is 1.43 bits per heavy atom. The van der Waals surface area contributed by atoms with Crippen molar-refractivity contribution in [2.75, 3.05) is 19.8 Å². The molecule has 0 saturated carbocycles. The topological polar surface area (TPSA) is 27.7 Å². The Balaban J connectivity index is 1.70. The third-order valence-corrected chi connectivity index (χ3v) is 3.32. The molecule has 3 nitrogen and oxygen atoms in total. The van der Waals surface area contributed by atoms with Crippen LogP contribution in [0.2, 0.25) is 0 Å². The molecule has 23 heavy (non-hydrogen) atoms. The molecular weight excluding hydrogens is 288 g/mol. The van der Waals surface area contributed by atoms with E-state index in [2.05, 4.69) is 6.58 Å². The van der Waals surface area contributed by atoms with Gasteiger partial charge in [0.2, 0.25) is 0 Å². The van der Waals surface area contributed by atoms with E-state index in [1.165, 1.54) is 0 Å². The van der Waals surface area contributed by atoms with Gasteiger partial charge in [0, 0.05) is 0 Å². The maximum atomic E-state index is 5.89. The average molecular weight is 312 g/mol. The molecular formula is C20H24O3. The zero-order valence-corrected chi connectivity index (χ0v) is 13.4. The van der Waals surface area contributed by atoms with Gasteiger partial charge < -0.3 is 14.2 Å². The first-order chi connectivity index (χ1) is 11.4. The van der Waals surface area contributed by atoms with Gasteiger partial charge in [-0.1, -0.05) is 42.5 Å². The van der Waals surface area contributed by atoms with Gasteiger partial charge in [0.1, 0.15) is 24.7 Å². The highest BCUT2D eigenvalue weighted by Gasteiger charge is 2.09. The van der Waals surface area contributed by atoms with E-state index >= 15 is 0 Å². The summed E-state index contributed by atoms with van der Waals surface area (Å²) in [6, 6.07) is 19.5. The van der Waals surface area contributed by atoms with Crippen molar-refractivity contribution in [3.05, 3.63) is 73.3 Å².